The number of halogens is 1. The number of hydrogen-bond donors (Lipinski definition) is 2. The van der Waals surface area contributed by atoms with Crippen LogP contribution in [0, 0.1) is 0 Å². The van der Waals surface area contributed by atoms with Gasteiger partial charge >= 0.3 is 0 Å². The molecule has 7 nitrogen and oxygen atoms in total. The highest BCUT2D eigenvalue weighted by atomic mass is 127. The van der Waals surface area contributed by atoms with E-state index >= 15 is 0 Å². The lowest BCUT2D eigenvalue weighted by atomic mass is 9.98. The Morgan fingerprint density at radius 1 is 1.16 bits per heavy atom. The molecule has 0 bridgehead atoms. The summed E-state index contributed by atoms with van der Waals surface area (Å²) >= 11 is 0. The third-order valence-electron chi connectivity index (χ3n) is 5.33. The minimum Gasteiger partial charge on any atom is -0.491 e. The molecule has 2 aromatic rings. The van der Waals surface area contributed by atoms with Crippen molar-refractivity contribution in [2.24, 2.45) is 12.0 Å². The van der Waals surface area contributed by atoms with Crippen LogP contribution < -0.4 is 15.4 Å². The van der Waals surface area contributed by atoms with Crippen LogP contribution in [0.1, 0.15) is 58.1 Å². The molecule has 32 heavy (non-hydrogen) atoms. The largest absolute Gasteiger partial charge is 0.491 e. The molecule has 0 aliphatic heterocycles. The normalized spacial score (nSPS) is 14.8. The summed E-state index contributed by atoms with van der Waals surface area (Å²) in [6.07, 6.45) is 9.74. The number of guanidine groups is 1. The van der Waals surface area contributed by atoms with E-state index in [1.807, 2.05) is 55.9 Å². The fourth-order valence-corrected chi connectivity index (χ4v) is 3.64. The van der Waals surface area contributed by atoms with Crippen molar-refractivity contribution < 1.29 is 9.47 Å². The lowest BCUT2D eigenvalue weighted by molar-refractivity contribution is 0.0277. The quantitative estimate of drug-likeness (QED) is 0.184. The van der Waals surface area contributed by atoms with Gasteiger partial charge in [-0.15, -0.1) is 24.0 Å². The molecule has 0 atom stereocenters. The second-order valence-electron chi connectivity index (χ2n) is 8.34. The van der Waals surface area contributed by atoms with Gasteiger partial charge in [0.1, 0.15) is 5.75 Å². The summed E-state index contributed by atoms with van der Waals surface area (Å²) in [6.45, 7) is 6.19. The van der Waals surface area contributed by atoms with Gasteiger partial charge in [0.25, 0.3) is 0 Å². The van der Waals surface area contributed by atoms with Crippen molar-refractivity contribution in [2.45, 2.75) is 71.1 Å². The molecule has 2 N–H and O–H groups in total. The molecule has 0 saturated heterocycles. The summed E-state index contributed by atoms with van der Waals surface area (Å²) in [5.41, 5.74) is 2.02. The topological polar surface area (TPSA) is 72.7 Å². The Morgan fingerprint density at radius 3 is 2.56 bits per heavy atom. The van der Waals surface area contributed by atoms with Gasteiger partial charge in [-0.3, -0.25) is 4.68 Å². The number of benzene rings is 1. The van der Waals surface area contributed by atoms with Crippen LogP contribution in [0.15, 0.2) is 41.5 Å². The Labute approximate surface area is 209 Å². The van der Waals surface area contributed by atoms with Gasteiger partial charge in [0, 0.05) is 32.1 Å². The van der Waals surface area contributed by atoms with Crippen LogP contribution in [0.25, 0.3) is 0 Å². The Bertz CT molecular complexity index is 801. The number of nitrogens with zero attached hydrogens (tertiary/aromatic N) is 3. The van der Waals surface area contributed by atoms with Gasteiger partial charge < -0.3 is 20.1 Å². The average molecular weight is 556 g/mol. The van der Waals surface area contributed by atoms with Crippen LogP contribution >= 0.6 is 24.0 Å². The molecule has 1 aromatic carbocycles. The van der Waals surface area contributed by atoms with Crippen molar-refractivity contribution in [2.75, 3.05) is 18.5 Å². The van der Waals surface area contributed by atoms with E-state index in [9.17, 15) is 0 Å². The van der Waals surface area contributed by atoms with E-state index in [1.165, 1.54) is 32.1 Å². The number of anilines is 1. The molecule has 1 fully saturated rings. The predicted octanol–water partition coefficient (Wildman–Crippen LogP) is 5.12. The predicted molar refractivity (Wildman–Crippen MR) is 141 cm³/mol. The van der Waals surface area contributed by atoms with Gasteiger partial charge in [-0.05, 0) is 63.4 Å². The van der Waals surface area contributed by atoms with E-state index in [0.717, 1.165) is 42.7 Å². The summed E-state index contributed by atoms with van der Waals surface area (Å²) in [7, 11) is 1.93. The molecule has 0 unspecified atom stereocenters. The Morgan fingerprint density at radius 2 is 1.91 bits per heavy atom. The fraction of sp³-hybridized carbons (Fsp3) is 0.583. The van der Waals surface area contributed by atoms with Crippen LogP contribution in [-0.4, -0.2) is 41.1 Å². The van der Waals surface area contributed by atoms with E-state index in [1.54, 1.807) is 6.20 Å². The Hall–Kier alpha value is -1.81. The van der Waals surface area contributed by atoms with Gasteiger partial charge in [-0.1, -0.05) is 19.3 Å². The lowest BCUT2D eigenvalue weighted by Crippen LogP contribution is -2.32. The number of aromatic nitrogens is 2. The molecule has 0 amide bonds. The number of ether oxygens (including phenoxy) is 2. The van der Waals surface area contributed by atoms with E-state index < -0.39 is 0 Å². The second-order valence-corrected chi connectivity index (χ2v) is 8.34. The van der Waals surface area contributed by atoms with Crippen molar-refractivity contribution in [3.8, 4) is 5.75 Å². The Balaban J connectivity index is 0.00000363. The summed E-state index contributed by atoms with van der Waals surface area (Å²) in [4.78, 5) is 4.74. The summed E-state index contributed by atoms with van der Waals surface area (Å²) < 4.78 is 13.6. The fourth-order valence-electron chi connectivity index (χ4n) is 3.64. The summed E-state index contributed by atoms with van der Waals surface area (Å²) in [5.74, 6) is 1.61. The minimum absolute atomic E-state index is 0. The monoisotopic (exact) mass is 555 g/mol. The summed E-state index contributed by atoms with van der Waals surface area (Å²) in [6, 6.07) is 9.94. The zero-order valence-electron chi connectivity index (χ0n) is 19.5. The lowest BCUT2D eigenvalue weighted by Gasteiger charge is -2.22. The van der Waals surface area contributed by atoms with E-state index in [0.29, 0.717) is 12.6 Å². The van der Waals surface area contributed by atoms with E-state index in [-0.39, 0.29) is 30.1 Å². The van der Waals surface area contributed by atoms with E-state index in [4.69, 9.17) is 14.5 Å². The molecule has 1 heterocycles. The summed E-state index contributed by atoms with van der Waals surface area (Å²) in [5, 5.41) is 11.0. The van der Waals surface area contributed by atoms with Crippen molar-refractivity contribution in [1.82, 2.24) is 15.1 Å². The smallest absolute Gasteiger partial charge is 0.196 e. The van der Waals surface area contributed by atoms with E-state index in [2.05, 4.69) is 15.7 Å². The molecule has 1 aliphatic carbocycles. The van der Waals surface area contributed by atoms with Gasteiger partial charge in [-0.25, -0.2) is 4.99 Å². The maximum absolute atomic E-state index is 6.04. The van der Waals surface area contributed by atoms with Crippen molar-refractivity contribution in [3.63, 3.8) is 0 Å². The zero-order valence-corrected chi connectivity index (χ0v) is 21.9. The first kappa shape index (κ1) is 26.4. The van der Waals surface area contributed by atoms with Crippen molar-refractivity contribution in [3.05, 3.63) is 42.2 Å². The number of rotatable bonds is 10. The number of aliphatic imine (C=N–C) groups is 1. The van der Waals surface area contributed by atoms with Crippen LogP contribution in [0.3, 0.4) is 0 Å². The highest BCUT2D eigenvalue weighted by Gasteiger charge is 2.13. The molecule has 1 aromatic heterocycles. The molecule has 178 valence electrons. The first-order valence-electron chi connectivity index (χ1n) is 11.5. The van der Waals surface area contributed by atoms with Crippen LogP contribution in [0.5, 0.6) is 5.75 Å². The molecule has 0 spiro atoms. The minimum atomic E-state index is 0. The molecular formula is C24H38IN5O2. The van der Waals surface area contributed by atoms with Crippen LogP contribution in [0.4, 0.5) is 5.69 Å². The number of hydrogen-bond acceptors (Lipinski definition) is 4. The molecular weight excluding hydrogens is 517 g/mol. The SMILES string of the molecule is CC(C)Oc1ccc(NC(=NCc2ccnn2C)NCCCOC2CCCCC2)cc1.I. The highest BCUT2D eigenvalue weighted by molar-refractivity contribution is 14.0. The molecule has 1 saturated carbocycles. The van der Waals surface area contributed by atoms with Crippen LogP contribution in [-0.2, 0) is 18.3 Å². The third-order valence-corrected chi connectivity index (χ3v) is 5.33. The maximum Gasteiger partial charge on any atom is 0.196 e. The van der Waals surface area contributed by atoms with Crippen molar-refractivity contribution in [1.29, 1.82) is 0 Å². The molecule has 8 heteroatoms. The first-order valence-corrected chi connectivity index (χ1v) is 11.5. The Kier molecular flexibility index (Phi) is 11.9. The highest BCUT2D eigenvalue weighted by Crippen LogP contribution is 2.20. The van der Waals surface area contributed by atoms with Gasteiger partial charge in [0.15, 0.2) is 5.96 Å². The van der Waals surface area contributed by atoms with Crippen molar-refractivity contribution >= 4 is 35.6 Å². The first-order chi connectivity index (χ1) is 15.1. The maximum atomic E-state index is 6.04. The molecule has 1 aliphatic rings. The number of nitrogens with one attached hydrogen (secondary N) is 2. The molecule has 0 radical (unpaired) electrons. The third kappa shape index (κ3) is 9.36. The van der Waals surface area contributed by atoms with Gasteiger partial charge in [0.05, 0.1) is 24.4 Å². The van der Waals surface area contributed by atoms with Gasteiger partial charge in [-0.2, -0.15) is 5.10 Å². The number of aryl methyl sites for hydroxylation is 1. The van der Waals surface area contributed by atoms with Gasteiger partial charge in [0.2, 0.25) is 0 Å². The van der Waals surface area contributed by atoms with Crippen LogP contribution in [0.2, 0.25) is 0 Å². The second kappa shape index (κ2) is 14.4. The molecule has 3 rings (SSSR count). The average Bonchev–Trinajstić information content (AvgIpc) is 3.18. The standard InChI is InChI=1S/C24H37N5O2.HI/c1-19(2)31-23-12-10-20(11-13-23)28-24(26-18-21-14-16-27-29(21)3)25-15-7-17-30-22-8-5-4-6-9-22;/h10-14,16,19,22H,4-9,15,17-18H2,1-3H3,(H2,25,26,28);1H. The zero-order chi connectivity index (χ0) is 21.9.